The van der Waals surface area contributed by atoms with Gasteiger partial charge in [0.25, 0.3) is 0 Å². The first-order chi connectivity index (χ1) is 8.48. The Morgan fingerprint density at radius 3 is 1.83 bits per heavy atom. The van der Waals surface area contributed by atoms with Crippen LogP contribution in [0.1, 0.15) is 59.3 Å². The Bertz CT molecular complexity index is 310. The maximum atomic E-state index is 11.8. The third-order valence-corrected chi connectivity index (χ3v) is 5.71. The molecule has 0 N–H and O–H groups in total. The Hall–Kier alpha value is -0.530. The molecule has 0 aliphatic heterocycles. The lowest BCUT2D eigenvalue weighted by atomic mass is 9.48. The summed E-state index contributed by atoms with van der Waals surface area (Å²) in [7, 11) is 0. The number of carbonyl (C=O) groups excluding carboxylic acids is 1. The van der Waals surface area contributed by atoms with E-state index < -0.39 is 0 Å². The van der Waals surface area contributed by atoms with Crippen molar-refractivity contribution < 1.29 is 9.53 Å². The molecule has 0 amide bonds. The zero-order valence-corrected chi connectivity index (χ0v) is 11.9. The average Bonchev–Trinajstić information content (AvgIpc) is 2.26. The minimum Gasteiger partial charge on any atom is -0.462 e. The minimum atomic E-state index is -0.0155. The van der Waals surface area contributed by atoms with Gasteiger partial charge < -0.3 is 4.74 Å². The molecule has 4 aliphatic rings. The van der Waals surface area contributed by atoms with Crippen molar-refractivity contribution in [2.75, 3.05) is 0 Å². The van der Waals surface area contributed by atoms with Crippen LogP contribution in [0.15, 0.2) is 0 Å². The van der Waals surface area contributed by atoms with E-state index in [1.165, 1.54) is 38.5 Å². The van der Waals surface area contributed by atoms with E-state index in [0.717, 1.165) is 17.8 Å². The zero-order chi connectivity index (χ0) is 12.9. The lowest BCUT2D eigenvalue weighted by molar-refractivity contribution is -0.173. The van der Waals surface area contributed by atoms with Crippen molar-refractivity contribution in [3.63, 3.8) is 0 Å². The van der Waals surface area contributed by atoms with Gasteiger partial charge in [0.15, 0.2) is 0 Å². The first kappa shape index (κ1) is 12.5. The lowest BCUT2D eigenvalue weighted by Gasteiger charge is -2.58. The summed E-state index contributed by atoms with van der Waals surface area (Å²) < 4.78 is 5.76. The van der Waals surface area contributed by atoms with Gasteiger partial charge in [-0.05, 0) is 63.2 Å². The molecule has 4 fully saturated rings. The summed E-state index contributed by atoms with van der Waals surface area (Å²) in [5.74, 6) is 2.77. The second-order valence-electron chi connectivity index (χ2n) is 7.51. The van der Waals surface area contributed by atoms with Gasteiger partial charge in [-0.15, -0.1) is 0 Å². The third-order valence-electron chi connectivity index (χ3n) is 5.71. The van der Waals surface area contributed by atoms with E-state index in [4.69, 9.17) is 4.74 Å². The van der Waals surface area contributed by atoms with Crippen molar-refractivity contribution in [2.24, 2.45) is 29.1 Å². The molecule has 4 saturated carbocycles. The molecule has 0 aromatic rings. The number of hydrogen-bond acceptors (Lipinski definition) is 2. The first-order valence-electron chi connectivity index (χ1n) is 7.69. The molecule has 2 nitrogen and oxygen atoms in total. The van der Waals surface area contributed by atoms with E-state index in [1.807, 2.05) is 13.8 Å². The fraction of sp³-hybridized carbons (Fsp3) is 0.938. The van der Waals surface area contributed by atoms with Crippen LogP contribution >= 0.6 is 0 Å². The topological polar surface area (TPSA) is 26.3 Å². The molecule has 0 radical (unpaired) electrons. The van der Waals surface area contributed by atoms with E-state index in [2.05, 4.69) is 6.92 Å². The highest BCUT2D eigenvalue weighted by atomic mass is 16.5. The minimum absolute atomic E-state index is 0.00126. The van der Waals surface area contributed by atoms with Crippen LogP contribution < -0.4 is 0 Å². The lowest BCUT2D eigenvalue weighted by Crippen LogP contribution is -2.52. The summed E-state index contributed by atoms with van der Waals surface area (Å²) in [6.45, 7) is 6.00. The van der Waals surface area contributed by atoms with Gasteiger partial charge in [-0.1, -0.05) is 13.8 Å². The summed E-state index contributed by atoms with van der Waals surface area (Å²) in [5.41, 5.74) is 0.333. The molecule has 4 rings (SSSR count). The highest BCUT2D eigenvalue weighted by molar-refractivity contribution is 5.71. The Balaban J connectivity index is 1.73. The van der Waals surface area contributed by atoms with Crippen molar-refractivity contribution in [3.8, 4) is 0 Å². The molecule has 4 bridgehead atoms. The summed E-state index contributed by atoms with van der Waals surface area (Å²) in [5, 5.41) is 0. The van der Waals surface area contributed by atoms with E-state index >= 15 is 0 Å². The maximum Gasteiger partial charge on any atom is 0.308 e. The van der Waals surface area contributed by atoms with Gasteiger partial charge in [-0.2, -0.15) is 0 Å². The van der Waals surface area contributed by atoms with Crippen molar-refractivity contribution in [1.29, 1.82) is 0 Å². The normalized spacial score (nSPS) is 43.2. The van der Waals surface area contributed by atoms with Gasteiger partial charge in [-0.25, -0.2) is 0 Å². The van der Waals surface area contributed by atoms with Gasteiger partial charge in [0.05, 0.1) is 5.92 Å². The smallest absolute Gasteiger partial charge is 0.308 e. The van der Waals surface area contributed by atoms with Crippen LogP contribution in [0.3, 0.4) is 0 Å². The average molecular weight is 250 g/mol. The predicted molar refractivity (Wildman–Crippen MR) is 71.0 cm³/mol. The van der Waals surface area contributed by atoms with Crippen molar-refractivity contribution in [1.82, 2.24) is 0 Å². The second kappa shape index (κ2) is 4.25. The van der Waals surface area contributed by atoms with E-state index in [0.29, 0.717) is 5.41 Å². The van der Waals surface area contributed by atoms with E-state index in [-0.39, 0.29) is 18.0 Å². The molecule has 0 aromatic heterocycles. The van der Waals surface area contributed by atoms with Gasteiger partial charge in [0.1, 0.15) is 6.10 Å². The quantitative estimate of drug-likeness (QED) is 0.712. The summed E-state index contributed by atoms with van der Waals surface area (Å²) >= 11 is 0. The highest BCUT2D eigenvalue weighted by Gasteiger charge is 2.54. The number of carbonyl (C=O) groups is 1. The first-order valence-corrected chi connectivity index (χ1v) is 7.69. The SMILES string of the molecule is CC(C)C(=O)OC(C)C12CC3CC(CC(C3)C1)C2. The molecule has 4 aliphatic carbocycles. The molecule has 2 heteroatoms. The monoisotopic (exact) mass is 250 g/mol. The Kier molecular flexibility index (Phi) is 2.95. The zero-order valence-electron chi connectivity index (χ0n) is 11.9. The Labute approximate surface area is 110 Å². The maximum absolute atomic E-state index is 11.8. The number of esters is 1. The van der Waals surface area contributed by atoms with Gasteiger partial charge >= 0.3 is 5.97 Å². The molecule has 0 saturated heterocycles. The number of rotatable bonds is 3. The second-order valence-corrected chi connectivity index (χ2v) is 7.51. The third kappa shape index (κ3) is 1.98. The molecule has 1 atom stereocenters. The standard InChI is InChI=1S/C16H26O2/c1-10(2)15(17)18-11(3)16-7-12-4-13(8-16)6-14(5-12)9-16/h10-14H,4-9H2,1-3H3. The molecular weight excluding hydrogens is 224 g/mol. The molecular formula is C16H26O2. The molecule has 1 unspecified atom stereocenters. The molecule has 0 spiro atoms. The summed E-state index contributed by atoms with van der Waals surface area (Å²) in [4.78, 5) is 11.8. The molecule has 102 valence electrons. The molecule has 0 heterocycles. The van der Waals surface area contributed by atoms with Gasteiger partial charge in [0, 0.05) is 5.41 Å². The van der Waals surface area contributed by atoms with Crippen molar-refractivity contribution in [2.45, 2.75) is 65.4 Å². The van der Waals surface area contributed by atoms with Crippen molar-refractivity contribution >= 4 is 5.97 Å². The van der Waals surface area contributed by atoms with Crippen LogP contribution in [0.5, 0.6) is 0 Å². The van der Waals surface area contributed by atoms with Crippen LogP contribution in [0.4, 0.5) is 0 Å². The van der Waals surface area contributed by atoms with Gasteiger partial charge in [-0.3, -0.25) is 4.79 Å². The Morgan fingerprint density at radius 1 is 1.00 bits per heavy atom. The fourth-order valence-corrected chi connectivity index (χ4v) is 5.11. The highest BCUT2D eigenvalue weighted by Crippen LogP contribution is 2.61. The largest absolute Gasteiger partial charge is 0.462 e. The van der Waals surface area contributed by atoms with Crippen molar-refractivity contribution in [3.05, 3.63) is 0 Å². The number of hydrogen-bond donors (Lipinski definition) is 0. The predicted octanol–water partition coefficient (Wildman–Crippen LogP) is 3.79. The fourth-order valence-electron chi connectivity index (χ4n) is 5.11. The van der Waals surface area contributed by atoms with Crippen LogP contribution in [0.2, 0.25) is 0 Å². The van der Waals surface area contributed by atoms with Gasteiger partial charge in [0.2, 0.25) is 0 Å². The van der Waals surface area contributed by atoms with Crippen LogP contribution in [0.25, 0.3) is 0 Å². The Morgan fingerprint density at radius 2 is 1.44 bits per heavy atom. The van der Waals surface area contributed by atoms with E-state index in [9.17, 15) is 4.79 Å². The number of ether oxygens (including phenoxy) is 1. The summed E-state index contributed by atoms with van der Waals surface area (Å²) in [6, 6.07) is 0. The summed E-state index contributed by atoms with van der Waals surface area (Å²) in [6.07, 6.45) is 8.40. The molecule has 18 heavy (non-hydrogen) atoms. The van der Waals surface area contributed by atoms with Crippen LogP contribution in [0, 0.1) is 29.1 Å². The molecule has 0 aromatic carbocycles. The van der Waals surface area contributed by atoms with Crippen LogP contribution in [-0.2, 0) is 9.53 Å². The van der Waals surface area contributed by atoms with E-state index in [1.54, 1.807) is 0 Å². The van der Waals surface area contributed by atoms with Crippen LogP contribution in [-0.4, -0.2) is 12.1 Å².